The highest BCUT2D eigenvalue weighted by Gasteiger charge is 2.12. The van der Waals surface area contributed by atoms with Crippen molar-refractivity contribution < 1.29 is 5.11 Å². The van der Waals surface area contributed by atoms with Crippen molar-refractivity contribution >= 4 is 33.5 Å². The Labute approximate surface area is 95.9 Å². The zero-order valence-corrected chi connectivity index (χ0v) is 9.21. The van der Waals surface area contributed by atoms with Crippen LogP contribution in [0.2, 0.25) is 5.02 Å². The van der Waals surface area contributed by atoms with Gasteiger partial charge in [-0.05, 0) is 25.1 Å². The molecule has 0 fully saturated rings. The molecule has 0 unspecified atom stereocenters. The maximum atomic E-state index is 9.44. The van der Waals surface area contributed by atoms with Crippen molar-refractivity contribution in [3.05, 3.63) is 28.9 Å². The van der Waals surface area contributed by atoms with E-state index in [1.165, 1.54) is 0 Å². The first kappa shape index (κ1) is 9.42. The van der Waals surface area contributed by atoms with E-state index in [1.807, 2.05) is 6.92 Å². The fraction of sp³-hybridized carbons (Fsp3) is 0.0909. The number of aromatic hydroxyl groups is 1. The van der Waals surface area contributed by atoms with Gasteiger partial charge in [-0.3, -0.25) is 5.10 Å². The molecule has 0 aliphatic carbocycles. The van der Waals surface area contributed by atoms with Gasteiger partial charge in [0.05, 0.1) is 15.9 Å². The van der Waals surface area contributed by atoms with Crippen LogP contribution < -0.4 is 0 Å². The summed E-state index contributed by atoms with van der Waals surface area (Å²) in [4.78, 5) is 4.36. The maximum Gasteiger partial charge on any atom is 0.183 e. The minimum Gasteiger partial charge on any atom is -0.508 e. The van der Waals surface area contributed by atoms with Crippen molar-refractivity contribution in [2.75, 3.05) is 0 Å². The molecule has 4 nitrogen and oxygen atoms in total. The monoisotopic (exact) mass is 233 g/mol. The molecular weight excluding hydrogens is 226 g/mol. The summed E-state index contributed by atoms with van der Waals surface area (Å²) in [6, 6.07) is 4.91. The van der Waals surface area contributed by atoms with Crippen LogP contribution in [0.4, 0.5) is 0 Å². The number of hydrogen-bond donors (Lipinski definition) is 2. The molecule has 16 heavy (non-hydrogen) atoms. The first-order valence-corrected chi connectivity index (χ1v) is 5.17. The SMILES string of the molecule is Cc1[nH]nc2nc3ccc(O)cc3c(Cl)c12. The van der Waals surface area contributed by atoms with Crippen molar-refractivity contribution in [1.82, 2.24) is 15.2 Å². The summed E-state index contributed by atoms with van der Waals surface area (Å²) in [6.07, 6.45) is 0. The maximum absolute atomic E-state index is 9.44. The molecule has 0 spiro atoms. The second kappa shape index (κ2) is 3.09. The van der Waals surface area contributed by atoms with Crippen molar-refractivity contribution in [2.24, 2.45) is 0 Å². The van der Waals surface area contributed by atoms with Gasteiger partial charge in [0.1, 0.15) is 5.75 Å². The quantitative estimate of drug-likeness (QED) is 0.628. The molecular formula is C11H8ClN3O. The highest BCUT2D eigenvalue weighted by Crippen LogP contribution is 2.32. The van der Waals surface area contributed by atoms with E-state index in [4.69, 9.17) is 11.6 Å². The number of nitrogens with zero attached hydrogens (tertiary/aromatic N) is 2. The van der Waals surface area contributed by atoms with Crippen LogP contribution in [-0.4, -0.2) is 20.3 Å². The Hall–Kier alpha value is -1.81. The standard InChI is InChI=1S/C11H8ClN3O/c1-5-9-10(12)7-4-6(16)2-3-8(7)13-11(9)15-14-5/h2-4,16H,1H3,(H,13,14,15). The molecule has 2 N–H and O–H groups in total. The average molecular weight is 234 g/mol. The summed E-state index contributed by atoms with van der Waals surface area (Å²) in [5.74, 6) is 0.177. The molecule has 5 heteroatoms. The van der Waals surface area contributed by atoms with E-state index in [2.05, 4.69) is 15.2 Å². The Morgan fingerprint density at radius 2 is 2.19 bits per heavy atom. The van der Waals surface area contributed by atoms with E-state index in [9.17, 15) is 5.11 Å². The van der Waals surface area contributed by atoms with Gasteiger partial charge in [0.15, 0.2) is 5.65 Å². The molecule has 0 amide bonds. The molecule has 1 aromatic carbocycles. The van der Waals surface area contributed by atoms with Crippen LogP contribution in [0.5, 0.6) is 5.75 Å². The Morgan fingerprint density at radius 3 is 3.00 bits per heavy atom. The number of halogens is 1. The van der Waals surface area contributed by atoms with Crippen LogP contribution >= 0.6 is 11.6 Å². The molecule has 2 aromatic heterocycles. The minimum absolute atomic E-state index is 0.177. The summed E-state index contributed by atoms with van der Waals surface area (Å²) < 4.78 is 0. The highest BCUT2D eigenvalue weighted by atomic mass is 35.5. The van der Waals surface area contributed by atoms with Gasteiger partial charge >= 0.3 is 0 Å². The van der Waals surface area contributed by atoms with E-state index < -0.39 is 0 Å². The third kappa shape index (κ3) is 1.17. The van der Waals surface area contributed by atoms with E-state index in [0.717, 1.165) is 22.0 Å². The number of pyridine rings is 1. The Balaban J connectivity index is 2.58. The lowest BCUT2D eigenvalue weighted by molar-refractivity contribution is 0.476. The van der Waals surface area contributed by atoms with Crippen LogP contribution in [0.25, 0.3) is 21.9 Å². The molecule has 0 bridgehead atoms. The number of rotatable bonds is 0. The number of phenolic OH excluding ortho intramolecular Hbond substituents is 1. The number of aryl methyl sites for hydroxylation is 1. The predicted molar refractivity (Wildman–Crippen MR) is 62.8 cm³/mol. The van der Waals surface area contributed by atoms with E-state index >= 15 is 0 Å². The van der Waals surface area contributed by atoms with Gasteiger partial charge in [-0.15, -0.1) is 0 Å². The van der Waals surface area contributed by atoms with Crippen molar-refractivity contribution in [3.63, 3.8) is 0 Å². The number of aromatic nitrogens is 3. The highest BCUT2D eigenvalue weighted by molar-refractivity contribution is 6.40. The lowest BCUT2D eigenvalue weighted by atomic mass is 10.1. The fourth-order valence-electron chi connectivity index (χ4n) is 1.81. The number of fused-ring (bicyclic) bond motifs is 2. The minimum atomic E-state index is 0.177. The van der Waals surface area contributed by atoms with E-state index in [-0.39, 0.29) is 5.75 Å². The van der Waals surface area contributed by atoms with Gasteiger partial charge in [0.25, 0.3) is 0 Å². The van der Waals surface area contributed by atoms with E-state index in [1.54, 1.807) is 18.2 Å². The van der Waals surface area contributed by atoms with Gasteiger partial charge in [-0.1, -0.05) is 11.6 Å². The van der Waals surface area contributed by atoms with Crippen LogP contribution in [-0.2, 0) is 0 Å². The molecule has 0 aliphatic heterocycles. The zero-order chi connectivity index (χ0) is 11.3. The Morgan fingerprint density at radius 1 is 1.38 bits per heavy atom. The lowest BCUT2D eigenvalue weighted by Gasteiger charge is -2.02. The number of hydrogen-bond acceptors (Lipinski definition) is 3. The van der Waals surface area contributed by atoms with Crippen LogP contribution in [0.15, 0.2) is 18.2 Å². The molecule has 80 valence electrons. The molecule has 3 aromatic rings. The summed E-state index contributed by atoms with van der Waals surface area (Å²) in [6.45, 7) is 1.89. The molecule has 0 atom stereocenters. The summed E-state index contributed by atoms with van der Waals surface area (Å²) in [7, 11) is 0. The topological polar surface area (TPSA) is 61.8 Å². The largest absolute Gasteiger partial charge is 0.508 e. The molecule has 0 aliphatic rings. The van der Waals surface area contributed by atoms with Crippen molar-refractivity contribution in [2.45, 2.75) is 6.92 Å². The molecule has 0 saturated heterocycles. The van der Waals surface area contributed by atoms with Gasteiger partial charge < -0.3 is 5.11 Å². The van der Waals surface area contributed by atoms with Crippen LogP contribution in [0, 0.1) is 6.92 Å². The third-order valence-electron chi connectivity index (χ3n) is 2.59. The summed E-state index contributed by atoms with van der Waals surface area (Å²) in [5, 5.41) is 18.5. The second-order valence-corrected chi connectivity index (χ2v) is 4.05. The fourth-order valence-corrected chi connectivity index (χ4v) is 2.18. The van der Waals surface area contributed by atoms with Crippen molar-refractivity contribution in [1.29, 1.82) is 0 Å². The second-order valence-electron chi connectivity index (χ2n) is 3.67. The Kier molecular flexibility index (Phi) is 1.82. The van der Waals surface area contributed by atoms with Gasteiger partial charge in [0.2, 0.25) is 0 Å². The summed E-state index contributed by atoms with van der Waals surface area (Å²) in [5.41, 5.74) is 2.19. The number of phenols is 1. The van der Waals surface area contributed by atoms with Gasteiger partial charge in [-0.2, -0.15) is 5.10 Å². The molecule has 3 rings (SSSR count). The smallest absolute Gasteiger partial charge is 0.183 e. The molecule has 0 radical (unpaired) electrons. The first-order valence-electron chi connectivity index (χ1n) is 4.80. The number of benzene rings is 1. The van der Waals surface area contributed by atoms with Gasteiger partial charge in [-0.25, -0.2) is 4.98 Å². The lowest BCUT2D eigenvalue weighted by Crippen LogP contribution is -1.83. The first-order chi connectivity index (χ1) is 7.66. The van der Waals surface area contributed by atoms with Crippen LogP contribution in [0.1, 0.15) is 5.69 Å². The predicted octanol–water partition coefficient (Wildman–Crippen LogP) is 2.78. The third-order valence-corrected chi connectivity index (χ3v) is 2.98. The molecule has 2 heterocycles. The number of nitrogens with one attached hydrogen (secondary N) is 1. The Bertz CT molecular complexity index is 705. The zero-order valence-electron chi connectivity index (χ0n) is 8.45. The van der Waals surface area contributed by atoms with Gasteiger partial charge in [0, 0.05) is 11.1 Å². The number of H-pyrrole nitrogens is 1. The van der Waals surface area contributed by atoms with Crippen LogP contribution in [0.3, 0.4) is 0 Å². The normalized spacial score (nSPS) is 11.4. The van der Waals surface area contributed by atoms with E-state index in [0.29, 0.717) is 10.7 Å². The van der Waals surface area contributed by atoms with Crippen molar-refractivity contribution in [3.8, 4) is 5.75 Å². The average Bonchev–Trinajstić information content (AvgIpc) is 2.62. The number of aromatic amines is 1. The molecule has 0 saturated carbocycles. The summed E-state index contributed by atoms with van der Waals surface area (Å²) >= 11 is 6.28.